The molecule has 0 aliphatic rings. The Balaban J connectivity index is 2.99. The number of hydrogen-bond donors (Lipinski definition) is 1. The van der Waals surface area contributed by atoms with Gasteiger partial charge in [-0.25, -0.2) is 4.79 Å². The van der Waals surface area contributed by atoms with Crippen LogP contribution in [-0.4, -0.2) is 15.3 Å². The summed E-state index contributed by atoms with van der Waals surface area (Å²) in [7, 11) is 0. The van der Waals surface area contributed by atoms with E-state index in [0.717, 1.165) is 10.8 Å². The van der Waals surface area contributed by atoms with E-state index in [1.807, 2.05) is 6.92 Å². The summed E-state index contributed by atoms with van der Waals surface area (Å²) in [6.45, 7) is 3.36. The molecule has 1 N–H and O–H groups in total. The number of Topliss-reactive ketones (excluding diaryl/α,β-unsaturated/α-hetero) is 1. The van der Waals surface area contributed by atoms with Gasteiger partial charge in [-0.2, -0.15) is 4.39 Å². The largest absolute Gasteiger partial charge is 0.328 e. The number of H-pyrrole nitrogens is 1. The van der Waals surface area contributed by atoms with Crippen molar-refractivity contribution >= 4 is 5.78 Å². The van der Waals surface area contributed by atoms with Crippen LogP contribution < -0.4 is 11.2 Å². The monoisotopic (exact) mass is 228 g/mol. The second-order valence-electron chi connectivity index (χ2n) is 3.64. The molecular weight excluding hydrogens is 215 g/mol. The lowest BCUT2D eigenvalue weighted by Crippen LogP contribution is -2.34. The second kappa shape index (κ2) is 4.87. The van der Waals surface area contributed by atoms with Crippen molar-refractivity contribution in [2.45, 2.75) is 26.8 Å². The van der Waals surface area contributed by atoms with Gasteiger partial charge >= 0.3 is 5.69 Å². The zero-order valence-electron chi connectivity index (χ0n) is 9.12. The molecule has 1 aromatic rings. The highest BCUT2D eigenvalue weighted by Gasteiger charge is 2.13. The standard InChI is InChI=1S/C10H13FN2O3/c1-3-6(2)8(14)5-13-4-7(11)9(15)12-10(13)16/h4,6H,3,5H2,1-2H3,(H,12,15,16). The van der Waals surface area contributed by atoms with Crippen LogP contribution >= 0.6 is 0 Å². The molecule has 16 heavy (non-hydrogen) atoms. The molecule has 0 saturated heterocycles. The predicted molar refractivity (Wildman–Crippen MR) is 55.7 cm³/mol. The average Bonchev–Trinajstić information content (AvgIpc) is 2.24. The van der Waals surface area contributed by atoms with Gasteiger partial charge < -0.3 is 0 Å². The number of hydrogen-bond acceptors (Lipinski definition) is 3. The summed E-state index contributed by atoms with van der Waals surface area (Å²) < 4.78 is 13.7. The van der Waals surface area contributed by atoms with Gasteiger partial charge in [0, 0.05) is 5.92 Å². The van der Waals surface area contributed by atoms with Crippen molar-refractivity contribution in [3.63, 3.8) is 0 Å². The number of aromatic amines is 1. The highest BCUT2D eigenvalue weighted by atomic mass is 19.1. The predicted octanol–water partition coefficient (Wildman–Crippen LogP) is 0.291. The lowest BCUT2D eigenvalue weighted by molar-refractivity contribution is -0.123. The van der Waals surface area contributed by atoms with E-state index in [0.29, 0.717) is 6.42 Å². The van der Waals surface area contributed by atoms with Crippen LogP contribution in [0.2, 0.25) is 0 Å². The molecule has 0 aliphatic heterocycles. The van der Waals surface area contributed by atoms with Gasteiger partial charge in [0.05, 0.1) is 12.7 Å². The minimum Gasteiger partial charge on any atom is -0.297 e. The molecular formula is C10H13FN2O3. The van der Waals surface area contributed by atoms with E-state index in [2.05, 4.69) is 0 Å². The van der Waals surface area contributed by atoms with Crippen LogP contribution in [0.5, 0.6) is 0 Å². The summed E-state index contributed by atoms with van der Waals surface area (Å²) >= 11 is 0. The van der Waals surface area contributed by atoms with Gasteiger partial charge in [0.25, 0.3) is 5.56 Å². The van der Waals surface area contributed by atoms with E-state index in [1.165, 1.54) is 0 Å². The van der Waals surface area contributed by atoms with Crippen LogP contribution in [0, 0.1) is 11.7 Å². The molecule has 0 amide bonds. The number of halogens is 1. The summed E-state index contributed by atoms with van der Waals surface area (Å²) in [6.07, 6.45) is 1.40. The van der Waals surface area contributed by atoms with E-state index < -0.39 is 17.1 Å². The van der Waals surface area contributed by atoms with E-state index in [1.54, 1.807) is 11.9 Å². The third-order valence-corrected chi connectivity index (χ3v) is 2.46. The van der Waals surface area contributed by atoms with Crippen molar-refractivity contribution in [3.8, 4) is 0 Å². The Morgan fingerprint density at radius 3 is 2.75 bits per heavy atom. The van der Waals surface area contributed by atoms with Gasteiger partial charge in [0.1, 0.15) is 0 Å². The number of nitrogens with one attached hydrogen (secondary N) is 1. The molecule has 1 rings (SSSR count). The minimum absolute atomic E-state index is 0.170. The summed E-state index contributed by atoms with van der Waals surface area (Å²) in [6, 6.07) is 0. The van der Waals surface area contributed by atoms with Crippen LogP contribution in [0.3, 0.4) is 0 Å². The second-order valence-corrected chi connectivity index (χ2v) is 3.64. The molecule has 0 aromatic carbocycles. The lowest BCUT2D eigenvalue weighted by Gasteiger charge is -2.08. The molecule has 6 heteroatoms. The molecule has 0 bridgehead atoms. The molecule has 0 radical (unpaired) electrons. The maximum absolute atomic E-state index is 12.9. The van der Waals surface area contributed by atoms with Gasteiger partial charge in [-0.1, -0.05) is 13.8 Å². The number of carbonyl (C=O) groups is 1. The summed E-state index contributed by atoms with van der Waals surface area (Å²) in [4.78, 5) is 35.3. The summed E-state index contributed by atoms with van der Waals surface area (Å²) in [5, 5.41) is 0. The first-order chi connectivity index (χ1) is 7.45. The molecule has 88 valence electrons. The molecule has 5 nitrogen and oxygen atoms in total. The first-order valence-corrected chi connectivity index (χ1v) is 4.97. The van der Waals surface area contributed by atoms with Gasteiger partial charge in [-0.3, -0.25) is 19.1 Å². The quantitative estimate of drug-likeness (QED) is 0.805. The third-order valence-electron chi connectivity index (χ3n) is 2.46. The Hall–Kier alpha value is -1.72. The van der Waals surface area contributed by atoms with Crippen molar-refractivity contribution in [2.24, 2.45) is 5.92 Å². The van der Waals surface area contributed by atoms with Crippen LogP contribution in [0.25, 0.3) is 0 Å². The van der Waals surface area contributed by atoms with Crippen molar-refractivity contribution in [3.05, 3.63) is 32.9 Å². The van der Waals surface area contributed by atoms with Crippen LogP contribution in [0.4, 0.5) is 4.39 Å². The van der Waals surface area contributed by atoms with E-state index in [4.69, 9.17) is 0 Å². The molecule has 0 spiro atoms. The molecule has 0 fully saturated rings. The number of aromatic nitrogens is 2. The SMILES string of the molecule is CCC(C)C(=O)Cn1cc(F)c(=O)[nH]c1=O. The fourth-order valence-corrected chi connectivity index (χ4v) is 1.15. The fraction of sp³-hybridized carbons (Fsp3) is 0.500. The van der Waals surface area contributed by atoms with Crippen LogP contribution in [-0.2, 0) is 11.3 Å². The zero-order valence-corrected chi connectivity index (χ0v) is 9.12. The van der Waals surface area contributed by atoms with Crippen molar-refractivity contribution in [1.82, 2.24) is 9.55 Å². The fourth-order valence-electron chi connectivity index (χ4n) is 1.15. The molecule has 1 heterocycles. The van der Waals surface area contributed by atoms with E-state index in [-0.39, 0.29) is 18.2 Å². The maximum atomic E-state index is 12.9. The maximum Gasteiger partial charge on any atom is 0.328 e. The zero-order chi connectivity index (χ0) is 12.3. The molecule has 1 aromatic heterocycles. The molecule has 0 aliphatic carbocycles. The normalized spacial score (nSPS) is 12.4. The van der Waals surface area contributed by atoms with E-state index >= 15 is 0 Å². The Morgan fingerprint density at radius 1 is 1.56 bits per heavy atom. The lowest BCUT2D eigenvalue weighted by atomic mass is 10.0. The van der Waals surface area contributed by atoms with Crippen molar-refractivity contribution in [2.75, 3.05) is 0 Å². The molecule has 1 atom stereocenters. The van der Waals surface area contributed by atoms with Crippen molar-refractivity contribution < 1.29 is 9.18 Å². The van der Waals surface area contributed by atoms with Gasteiger partial charge in [0.2, 0.25) is 5.82 Å². The average molecular weight is 228 g/mol. The number of nitrogens with zero attached hydrogens (tertiary/aromatic N) is 1. The first-order valence-electron chi connectivity index (χ1n) is 4.97. The highest BCUT2D eigenvalue weighted by molar-refractivity contribution is 5.80. The third kappa shape index (κ3) is 2.65. The summed E-state index contributed by atoms with van der Waals surface area (Å²) in [5.41, 5.74) is -1.85. The number of ketones is 1. The number of rotatable bonds is 4. The Labute approximate surface area is 90.9 Å². The Morgan fingerprint density at radius 2 is 2.19 bits per heavy atom. The Bertz CT molecular complexity index is 504. The van der Waals surface area contributed by atoms with Gasteiger partial charge in [0.15, 0.2) is 5.78 Å². The van der Waals surface area contributed by atoms with Crippen LogP contribution in [0.15, 0.2) is 15.8 Å². The first kappa shape index (κ1) is 12.4. The highest BCUT2D eigenvalue weighted by Crippen LogP contribution is 2.03. The summed E-state index contributed by atoms with van der Waals surface area (Å²) in [5.74, 6) is -1.44. The van der Waals surface area contributed by atoms with Crippen LogP contribution in [0.1, 0.15) is 20.3 Å². The number of carbonyl (C=O) groups excluding carboxylic acids is 1. The Kier molecular flexibility index (Phi) is 3.76. The molecule has 0 saturated carbocycles. The van der Waals surface area contributed by atoms with Gasteiger partial charge in [-0.05, 0) is 6.42 Å². The smallest absolute Gasteiger partial charge is 0.297 e. The topological polar surface area (TPSA) is 71.9 Å². The van der Waals surface area contributed by atoms with Gasteiger partial charge in [-0.15, -0.1) is 0 Å². The van der Waals surface area contributed by atoms with Crippen molar-refractivity contribution in [1.29, 1.82) is 0 Å². The minimum atomic E-state index is -1.07. The van der Waals surface area contributed by atoms with E-state index in [9.17, 15) is 18.8 Å². The molecule has 1 unspecified atom stereocenters.